The van der Waals surface area contributed by atoms with Gasteiger partial charge in [-0.25, -0.2) is 9.78 Å². The number of carboxylic acid groups (broad SMARTS) is 1. The standard InChI is InChI=1S/C30H30N6O2.C8H15NO.C2HF3O2/c37-30(25-8-3-5-20(33-25)18-36-13-14-38-29-10-2-1-9-28(29)36)34-26-15-19(16-27-23(26)17-32-35-27)21-6-4-7-24-22(21)11-12-31-24;1-2-4-8-7(3-1)9-5-6-10-8;3-2(4,5)1(6)7/h3-8,11-12,15-17,28-29,31H,1-2,9-10,13-14,18H2,(H,32,35)(H,34,37);7-9H,1-6H2;(H,6,7). The number of hydrogen-bond donors (Lipinski definition) is 5. The molecule has 2 aromatic carbocycles. The van der Waals surface area contributed by atoms with Crippen molar-refractivity contribution in [1.29, 1.82) is 0 Å². The zero-order valence-electron chi connectivity index (χ0n) is 30.4. The number of nitrogens with one attached hydrogen (secondary N) is 4. The first-order chi connectivity index (χ1) is 26.6. The number of amides is 1. The summed E-state index contributed by atoms with van der Waals surface area (Å²) in [5.74, 6) is -2.99. The third kappa shape index (κ3) is 9.35. The first kappa shape index (κ1) is 38.4. The first-order valence-corrected chi connectivity index (χ1v) is 19.0. The van der Waals surface area contributed by atoms with E-state index in [0.29, 0.717) is 35.7 Å². The van der Waals surface area contributed by atoms with Crippen molar-refractivity contribution in [1.82, 2.24) is 30.4 Å². The number of benzene rings is 2. The Morgan fingerprint density at radius 2 is 1.67 bits per heavy atom. The van der Waals surface area contributed by atoms with Gasteiger partial charge in [-0.05, 0) is 73.2 Å². The lowest BCUT2D eigenvalue weighted by atomic mass is 9.90. The van der Waals surface area contributed by atoms with Gasteiger partial charge in [0.25, 0.3) is 5.91 Å². The molecule has 0 radical (unpaired) electrons. The Labute approximate surface area is 316 Å². The molecule has 2 aliphatic heterocycles. The molecule has 292 valence electrons. The molecule has 2 aliphatic carbocycles. The van der Waals surface area contributed by atoms with E-state index >= 15 is 0 Å². The van der Waals surface area contributed by atoms with E-state index in [1.54, 1.807) is 12.3 Å². The molecule has 15 heteroatoms. The van der Waals surface area contributed by atoms with Gasteiger partial charge in [-0.2, -0.15) is 18.3 Å². The van der Waals surface area contributed by atoms with Gasteiger partial charge in [-0.3, -0.25) is 14.8 Å². The minimum atomic E-state index is -5.08. The van der Waals surface area contributed by atoms with E-state index in [1.165, 1.54) is 44.9 Å². The van der Waals surface area contributed by atoms with Crippen molar-refractivity contribution in [3.8, 4) is 11.1 Å². The molecule has 1 amide bonds. The van der Waals surface area contributed by atoms with Crippen molar-refractivity contribution in [3.63, 3.8) is 0 Å². The largest absolute Gasteiger partial charge is 0.490 e. The second kappa shape index (κ2) is 17.3. The van der Waals surface area contributed by atoms with Crippen LogP contribution in [-0.2, 0) is 20.8 Å². The maximum atomic E-state index is 13.4. The highest BCUT2D eigenvalue weighted by Gasteiger charge is 2.38. The Morgan fingerprint density at radius 1 is 0.909 bits per heavy atom. The summed E-state index contributed by atoms with van der Waals surface area (Å²) in [6.45, 7) is 4.36. The molecule has 12 nitrogen and oxygen atoms in total. The SMILES string of the molecule is C1CCC2OCCNC2C1.O=C(Nc1cc(-c2cccc3[nH]ccc23)cc2[nH]ncc12)c1cccc(CN2CCOC3CCCCC32)n1.O=C(O)C(F)(F)F. The molecule has 0 bridgehead atoms. The van der Waals surface area contributed by atoms with E-state index in [0.717, 1.165) is 77.9 Å². The van der Waals surface area contributed by atoms with E-state index in [9.17, 15) is 18.0 Å². The number of alkyl halides is 3. The molecule has 2 saturated carbocycles. The van der Waals surface area contributed by atoms with Crippen molar-refractivity contribution in [2.24, 2.45) is 0 Å². The number of carboxylic acids is 1. The lowest BCUT2D eigenvalue weighted by Gasteiger charge is -2.43. The molecule has 3 aromatic heterocycles. The molecule has 4 unspecified atom stereocenters. The molecule has 2 saturated heterocycles. The highest BCUT2D eigenvalue weighted by atomic mass is 19.4. The summed E-state index contributed by atoms with van der Waals surface area (Å²) in [5.41, 5.74) is 6.03. The van der Waals surface area contributed by atoms with Crippen LogP contribution in [0.15, 0.2) is 67.0 Å². The topological polar surface area (TPSA) is 157 Å². The summed E-state index contributed by atoms with van der Waals surface area (Å²) < 4.78 is 43.4. The smallest absolute Gasteiger partial charge is 0.475 e. The number of carbonyl (C=O) groups is 2. The zero-order chi connectivity index (χ0) is 38.4. The van der Waals surface area contributed by atoms with Gasteiger partial charge < -0.3 is 30.2 Å². The molecule has 4 aliphatic rings. The number of nitrogens with zero attached hydrogens (tertiary/aromatic N) is 3. The van der Waals surface area contributed by atoms with Crippen LogP contribution in [0.3, 0.4) is 0 Å². The molecule has 5 heterocycles. The van der Waals surface area contributed by atoms with Crippen LogP contribution in [0.25, 0.3) is 32.9 Å². The predicted molar refractivity (Wildman–Crippen MR) is 202 cm³/mol. The van der Waals surface area contributed by atoms with Crippen molar-refractivity contribution < 1.29 is 37.3 Å². The molecular formula is C40H46F3N7O5. The molecule has 9 rings (SSSR count). The number of carbonyl (C=O) groups excluding carboxylic acids is 1. The van der Waals surface area contributed by atoms with Crippen molar-refractivity contribution in [3.05, 3.63) is 78.4 Å². The van der Waals surface area contributed by atoms with Gasteiger partial charge in [0.2, 0.25) is 0 Å². The number of anilines is 1. The van der Waals surface area contributed by atoms with Crippen LogP contribution in [0, 0.1) is 0 Å². The van der Waals surface area contributed by atoms with Crippen molar-refractivity contribution in [2.75, 3.05) is 31.6 Å². The maximum absolute atomic E-state index is 13.4. The molecule has 4 fully saturated rings. The predicted octanol–water partition coefficient (Wildman–Crippen LogP) is 7.05. The third-order valence-electron chi connectivity index (χ3n) is 10.8. The van der Waals surface area contributed by atoms with Crippen LogP contribution in [0.2, 0.25) is 0 Å². The summed E-state index contributed by atoms with van der Waals surface area (Å²) >= 11 is 0. The van der Waals surface area contributed by atoms with Crippen LogP contribution in [0.1, 0.15) is 67.5 Å². The van der Waals surface area contributed by atoms with Gasteiger partial charge in [0, 0.05) is 54.2 Å². The zero-order valence-corrected chi connectivity index (χ0v) is 30.4. The molecule has 5 N–H and O–H groups in total. The lowest BCUT2D eigenvalue weighted by Crippen LogP contribution is -2.52. The molecule has 0 spiro atoms. The van der Waals surface area contributed by atoms with Gasteiger partial charge in [-0.15, -0.1) is 0 Å². The number of morpholine rings is 2. The number of H-pyrrole nitrogens is 2. The number of aromatic nitrogens is 4. The van der Waals surface area contributed by atoms with Crippen LogP contribution in [0.4, 0.5) is 18.9 Å². The maximum Gasteiger partial charge on any atom is 0.490 e. The fourth-order valence-electron chi connectivity index (χ4n) is 8.09. The average Bonchev–Trinajstić information content (AvgIpc) is 3.89. The number of fused-ring (bicyclic) bond motifs is 4. The van der Waals surface area contributed by atoms with E-state index < -0.39 is 12.1 Å². The number of aromatic amines is 2. The summed E-state index contributed by atoms with van der Waals surface area (Å²) in [7, 11) is 0. The van der Waals surface area contributed by atoms with E-state index in [1.807, 2.05) is 30.5 Å². The molecule has 55 heavy (non-hydrogen) atoms. The summed E-state index contributed by atoms with van der Waals surface area (Å²) in [4.78, 5) is 32.8. The molecule has 4 atom stereocenters. The number of pyridine rings is 1. The fourth-order valence-corrected chi connectivity index (χ4v) is 8.09. The average molecular weight is 762 g/mol. The number of hydrogen-bond acceptors (Lipinski definition) is 8. The Kier molecular flexibility index (Phi) is 12.1. The molecule has 5 aromatic rings. The van der Waals surface area contributed by atoms with Gasteiger partial charge in [-0.1, -0.05) is 43.9 Å². The van der Waals surface area contributed by atoms with E-state index in [-0.39, 0.29) is 5.91 Å². The third-order valence-corrected chi connectivity index (χ3v) is 10.8. The van der Waals surface area contributed by atoms with Crippen molar-refractivity contribution in [2.45, 2.75) is 88.4 Å². The Hall–Kier alpha value is -4.83. The summed E-state index contributed by atoms with van der Waals surface area (Å²) in [6.07, 6.45) is 9.61. The second-order valence-electron chi connectivity index (χ2n) is 14.4. The number of halogens is 3. The Bertz CT molecular complexity index is 2060. The van der Waals surface area contributed by atoms with Crippen LogP contribution in [0.5, 0.6) is 0 Å². The highest BCUT2D eigenvalue weighted by Crippen LogP contribution is 2.34. The Morgan fingerprint density at radius 3 is 2.49 bits per heavy atom. The number of aliphatic carboxylic acids is 1. The summed E-state index contributed by atoms with van der Waals surface area (Å²) in [6, 6.07) is 19.2. The van der Waals surface area contributed by atoms with Gasteiger partial charge >= 0.3 is 12.1 Å². The van der Waals surface area contributed by atoms with Crippen LogP contribution >= 0.6 is 0 Å². The minimum absolute atomic E-state index is 0.233. The number of ether oxygens (including phenoxy) is 2. The van der Waals surface area contributed by atoms with Crippen LogP contribution in [-0.4, -0.2) is 98.8 Å². The lowest BCUT2D eigenvalue weighted by molar-refractivity contribution is -0.192. The fraction of sp³-hybridized carbons (Fsp3) is 0.450. The molecular weight excluding hydrogens is 715 g/mol. The first-order valence-electron chi connectivity index (χ1n) is 19.0. The Balaban J connectivity index is 0.000000226. The van der Waals surface area contributed by atoms with Gasteiger partial charge in [0.05, 0.1) is 48.5 Å². The quantitative estimate of drug-likeness (QED) is 0.127. The van der Waals surface area contributed by atoms with Gasteiger partial charge in [0.1, 0.15) is 5.69 Å². The monoisotopic (exact) mass is 761 g/mol. The summed E-state index contributed by atoms with van der Waals surface area (Å²) in [5, 5.41) is 23.0. The van der Waals surface area contributed by atoms with Crippen molar-refractivity contribution >= 4 is 39.4 Å². The van der Waals surface area contributed by atoms with Crippen LogP contribution < -0.4 is 10.6 Å². The number of rotatable bonds is 5. The minimum Gasteiger partial charge on any atom is -0.475 e. The highest BCUT2D eigenvalue weighted by molar-refractivity contribution is 6.09. The second-order valence-corrected chi connectivity index (χ2v) is 14.4. The normalized spacial score (nSPS) is 22.7. The van der Waals surface area contributed by atoms with Gasteiger partial charge in [0.15, 0.2) is 0 Å². The van der Waals surface area contributed by atoms with E-state index in [4.69, 9.17) is 24.4 Å². The van der Waals surface area contributed by atoms with E-state index in [2.05, 4.69) is 55.0 Å².